The summed E-state index contributed by atoms with van der Waals surface area (Å²) < 4.78 is 22.2. The summed E-state index contributed by atoms with van der Waals surface area (Å²) in [6.45, 7) is 7.49. The molecule has 0 aromatic heterocycles. The zero-order valence-corrected chi connectivity index (χ0v) is 23.2. The van der Waals surface area contributed by atoms with Crippen LogP contribution in [-0.2, 0) is 19.1 Å². The van der Waals surface area contributed by atoms with Crippen LogP contribution in [0.2, 0.25) is 0 Å². The molecular formula is C26H38FNaO6. The number of aliphatic hydroxyl groups is 2. The van der Waals surface area contributed by atoms with Crippen molar-refractivity contribution < 1.29 is 33.7 Å². The first kappa shape index (κ1) is 26.7. The second kappa shape index (κ2) is 8.90. The minimum atomic E-state index is -1.87. The minimum absolute atomic E-state index is 0.00924. The fourth-order valence-corrected chi connectivity index (χ4v) is 9.34. The fourth-order valence-electron chi connectivity index (χ4n) is 8.91. The molecule has 2 N–H and O–H groups in total. The molecule has 0 spiro atoms. The zero-order valence-electron chi connectivity index (χ0n) is 21.2. The van der Waals surface area contributed by atoms with E-state index in [9.17, 15) is 24.6 Å². The van der Waals surface area contributed by atoms with Gasteiger partial charge in [0.2, 0.25) is 0 Å². The predicted octanol–water partition coefficient (Wildman–Crippen LogP) is 3.05. The van der Waals surface area contributed by atoms with Crippen molar-refractivity contribution >= 4 is 45.5 Å². The molecule has 0 aromatic carbocycles. The number of aliphatic hydroxyl groups excluding tert-OH is 2. The van der Waals surface area contributed by atoms with Gasteiger partial charge >= 0.3 is 220 Å². The van der Waals surface area contributed by atoms with Crippen molar-refractivity contribution in [3.8, 4) is 0 Å². The van der Waals surface area contributed by atoms with Crippen LogP contribution in [0.4, 0.5) is 4.39 Å². The van der Waals surface area contributed by atoms with E-state index < -0.39 is 55.1 Å². The molecule has 0 radical (unpaired) electrons. The van der Waals surface area contributed by atoms with Gasteiger partial charge in [-0.15, -0.1) is 0 Å². The molecule has 4 saturated carbocycles. The number of ketones is 2. The molecular weight excluding hydrogens is 450 g/mol. The van der Waals surface area contributed by atoms with E-state index in [-0.39, 0.29) is 58.4 Å². The summed E-state index contributed by atoms with van der Waals surface area (Å²) in [6, 6.07) is 0. The van der Waals surface area contributed by atoms with E-state index in [4.69, 9.17) is 4.74 Å². The zero-order chi connectivity index (χ0) is 25.3. The molecule has 1 unspecified atom stereocenters. The summed E-state index contributed by atoms with van der Waals surface area (Å²) in [5.74, 6) is -2.07. The Labute approximate surface area is 219 Å². The number of rotatable bonds is 5. The average molecular weight is 489 g/mol. The summed E-state index contributed by atoms with van der Waals surface area (Å²) in [4.78, 5) is 38.6. The summed E-state index contributed by atoms with van der Waals surface area (Å²) in [5, 5.41) is 22.0. The number of hydrogen-bond acceptors (Lipinski definition) is 6. The average Bonchev–Trinajstić information content (AvgIpc) is 2.96. The van der Waals surface area contributed by atoms with Crippen molar-refractivity contribution in [2.45, 2.75) is 106 Å². The molecule has 4 fully saturated rings. The Balaban J connectivity index is 1.81. The van der Waals surface area contributed by atoms with Crippen LogP contribution in [-0.4, -0.2) is 76.4 Å². The Morgan fingerprint density at radius 1 is 1.24 bits per heavy atom. The number of esters is 1. The number of fused-ring (bicyclic) bond motifs is 5. The van der Waals surface area contributed by atoms with Gasteiger partial charge in [0.15, 0.2) is 0 Å². The van der Waals surface area contributed by atoms with Crippen LogP contribution in [0, 0.1) is 34.5 Å². The molecule has 0 heterocycles. The molecule has 34 heavy (non-hydrogen) atoms. The molecule has 4 aliphatic carbocycles. The number of halogens is 1. The van der Waals surface area contributed by atoms with Crippen LogP contribution < -0.4 is 0 Å². The van der Waals surface area contributed by atoms with Crippen molar-refractivity contribution in [2.24, 2.45) is 34.5 Å². The predicted molar refractivity (Wildman–Crippen MR) is 124 cm³/mol. The van der Waals surface area contributed by atoms with Crippen molar-refractivity contribution in [3.05, 3.63) is 0 Å². The normalized spacial score (nSPS) is 49.0. The van der Waals surface area contributed by atoms with E-state index in [2.05, 4.69) is 0 Å². The number of carbonyl (C=O) groups is 3. The number of Topliss-reactive ketones (excluding diaryl/α,β-unsaturated/α-hetero) is 2. The van der Waals surface area contributed by atoms with Crippen LogP contribution in [0.3, 0.4) is 0 Å². The van der Waals surface area contributed by atoms with Crippen LogP contribution in [0.15, 0.2) is 0 Å². The van der Waals surface area contributed by atoms with E-state index in [0.29, 0.717) is 44.9 Å². The summed E-state index contributed by atoms with van der Waals surface area (Å²) in [7, 11) is 0. The molecule has 6 nitrogen and oxygen atoms in total. The summed E-state index contributed by atoms with van der Waals surface area (Å²) >= 11 is 0.193. The molecule has 4 rings (SSSR count). The molecule has 0 amide bonds. The van der Waals surface area contributed by atoms with Gasteiger partial charge in [-0.3, -0.25) is 0 Å². The van der Waals surface area contributed by atoms with Gasteiger partial charge in [0.25, 0.3) is 0 Å². The second-order valence-electron chi connectivity index (χ2n) is 12.2. The Bertz CT molecular complexity index is 879. The first-order valence-corrected chi connectivity index (χ1v) is 14.3. The maximum atomic E-state index is 17.4. The molecule has 10 atom stereocenters. The van der Waals surface area contributed by atoms with Crippen molar-refractivity contribution in [2.75, 3.05) is 0 Å². The van der Waals surface area contributed by atoms with Gasteiger partial charge < -0.3 is 0 Å². The number of alkyl halides is 1. The third-order valence-corrected chi connectivity index (χ3v) is 11.1. The van der Waals surface area contributed by atoms with E-state index in [0.717, 1.165) is 0 Å². The van der Waals surface area contributed by atoms with Crippen LogP contribution in [0.25, 0.3) is 0 Å². The second-order valence-corrected chi connectivity index (χ2v) is 13.3. The Hall–Kier alpha value is -0.340. The summed E-state index contributed by atoms with van der Waals surface area (Å²) in [5.41, 5.74) is -5.23. The van der Waals surface area contributed by atoms with E-state index >= 15 is 4.39 Å². The molecule has 8 heteroatoms. The monoisotopic (exact) mass is 488 g/mol. The molecule has 4 aliphatic rings. The Morgan fingerprint density at radius 3 is 2.53 bits per heavy atom. The van der Waals surface area contributed by atoms with Gasteiger partial charge in [0.1, 0.15) is 0 Å². The maximum absolute atomic E-state index is 17.4. The van der Waals surface area contributed by atoms with E-state index in [1.54, 1.807) is 0 Å². The first-order valence-electron chi connectivity index (χ1n) is 13.1. The van der Waals surface area contributed by atoms with E-state index in [1.165, 1.54) is 0 Å². The molecule has 0 saturated heterocycles. The number of ether oxygens (including phenoxy) is 1. The summed E-state index contributed by atoms with van der Waals surface area (Å²) in [6.07, 6.45) is 2.25. The molecule has 0 bridgehead atoms. The van der Waals surface area contributed by atoms with Gasteiger partial charge in [-0.2, -0.15) is 0 Å². The first-order chi connectivity index (χ1) is 15.8. The fraction of sp³-hybridized carbons (Fsp3) is 0.885. The van der Waals surface area contributed by atoms with Crippen LogP contribution in [0.5, 0.6) is 0 Å². The van der Waals surface area contributed by atoms with E-state index in [1.807, 2.05) is 27.7 Å². The number of hydrogen-bond donors (Lipinski definition) is 2. The van der Waals surface area contributed by atoms with Gasteiger partial charge in [0, 0.05) is 0 Å². The third kappa shape index (κ3) is 3.39. The number of carbonyl (C=O) groups excluding carboxylic acids is 3. The van der Waals surface area contributed by atoms with Gasteiger partial charge in [0.05, 0.1) is 0 Å². The van der Waals surface area contributed by atoms with Crippen molar-refractivity contribution in [1.82, 2.24) is 0 Å². The van der Waals surface area contributed by atoms with Crippen molar-refractivity contribution in [1.29, 1.82) is 0 Å². The molecule has 0 aromatic rings. The SMILES string of the molecule is CCCC(=O)O[C@@]1(C(=O)[CH](O)[Na])[C@@H](C)C[C@H]2[C@@H]3CC[C@H]4CC(=O)CC[C@]4(C)[C@@]3(F)[C@@H](O)C[C@@]21C. The van der Waals surface area contributed by atoms with Gasteiger partial charge in [-0.25, -0.2) is 0 Å². The molecule has 0 aliphatic heterocycles. The molecule has 186 valence electrons. The van der Waals surface area contributed by atoms with Crippen LogP contribution in [0.1, 0.15) is 85.5 Å². The Kier molecular flexibility index (Phi) is 6.99. The van der Waals surface area contributed by atoms with Crippen molar-refractivity contribution in [3.63, 3.8) is 0 Å². The topological polar surface area (TPSA) is 101 Å². The van der Waals surface area contributed by atoms with Gasteiger partial charge in [-0.1, -0.05) is 0 Å². The Morgan fingerprint density at radius 2 is 1.91 bits per heavy atom. The third-order valence-electron chi connectivity index (χ3n) is 10.6. The standard InChI is InChI=1S/C26H38FO6.Na/c1-5-6-22(32)33-26(21(31)14-28)15(2)11-19-18-8-7-16-12-17(29)9-10-23(16,3)25(18,27)20(30)13-24(19,26)4;/h14-16,18-20,28,30H,5-13H2,1-4H3;/t15-,16-,18-,19-,20-,23-,24-,25-,26+;/m0./s1. The van der Waals surface area contributed by atoms with Crippen LogP contribution >= 0.6 is 0 Å². The quantitative estimate of drug-likeness (QED) is 0.456. The van der Waals surface area contributed by atoms with Gasteiger partial charge in [-0.05, 0) is 0 Å².